The minimum Gasteiger partial charge on any atom is -0.476 e. The summed E-state index contributed by atoms with van der Waals surface area (Å²) >= 11 is 0. The molecule has 0 aliphatic heterocycles. The van der Waals surface area contributed by atoms with Gasteiger partial charge in [0.05, 0.1) is 17.8 Å². The molecule has 0 aliphatic carbocycles. The van der Waals surface area contributed by atoms with Gasteiger partial charge in [-0.3, -0.25) is 0 Å². The molecule has 2 aromatic rings. The lowest BCUT2D eigenvalue weighted by Crippen LogP contribution is -2.49. The van der Waals surface area contributed by atoms with Crippen LogP contribution in [0.3, 0.4) is 0 Å². The maximum Gasteiger partial charge on any atom is 0.356 e. The molecule has 2 rings (SSSR count). The molecule has 1 aromatic carbocycles. The van der Waals surface area contributed by atoms with Crippen LogP contribution in [0.2, 0.25) is 18.1 Å². The van der Waals surface area contributed by atoms with E-state index >= 15 is 0 Å². The Hall–Kier alpha value is -1.96. The maximum absolute atomic E-state index is 12.0. The van der Waals surface area contributed by atoms with Gasteiger partial charge in [0.15, 0.2) is 14.0 Å². The molecule has 0 saturated heterocycles. The van der Waals surface area contributed by atoms with Gasteiger partial charge in [-0.05, 0) is 38.9 Å². The number of carboxylic acids is 1. The van der Waals surface area contributed by atoms with Crippen molar-refractivity contribution in [3.8, 4) is 11.3 Å². The number of carbonyl (C=O) groups is 1. The predicted molar refractivity (Wildman–Crippen MR) is 122 cm³/mol. The first-order valence-corrected chi connectivity index (χ1v) is 13.4. The number of benzene rings is 1. The van der Waals surface area contributed by atoms with Gasteiger partial charge < -0.3 is 18.8 Å². The lowest BCUT2D eigenvalue weighted by molar-refractivity contribution is 0.0673. The summed E-state index contributed by atoms with van der Waals surface area (Å²) in [6.07, 6.45) is 0. The van der Waals surface area contributed by atoms with Crippen LogP contribution in [0.5, 0.6) is 0 Å². The summed E-state index contributed by atoms with van der Waals surface area (Å²) in [7, 11) is -2.03. The second-order valence-corrected chi connectivity index (χ2v) is 14.5. The van der Waals surface area contributed by atoms with Gasteiger partial charge in [0.2, 0.25) is 0 Å². The summed E-state index contributed by atoms with van der Waals surface area (Å²) in [5, 5.41) is 9.91. The predicted octanol–water partition coefficient (Wildman–Crippen LogP) is 5.59. The molecule has 0 atom stereocenters. The maximum atomic E-state index is 12.0. The van der Waals surface area contributed by atoms with Crippen molar-refractivity contribution in [1.82, 2.24) is 9.55 Å². The topological polar surface area (TPSA) is 73.6 Å². The van der Waals surface area contributed by atoms with E-state index in [-0.39, 0.29) is 17.3 Å². The number of hydrogen-bond donors (Lipinski definition) is 1. The first kappa shape index (κ1) is 24.3. The van der Waals surface area contributed by atoms with Crippen LogP contribution in [0.4, 0.5) is 0 Å². The van der Waals surface area contributed by atoms with Gasteiger partial charge in [0.25, 0.3) is 0 Å². The number of ether oxygens (including phenoxy) is 1. The second kappa shape index (κ2) is 9.04. The average Bonchev–Trinajstić information content (AvgIpc) is 2.96. The fourth-order valence-electron chi connectivity index (χ4n) is 3.27. The minimum atomic E-state index is -2.03. The Bertz CT molecular complexity index is 867. The van der Waals surface area contributed by atoms with Crippen LogP contribution in [-0.4, -0.2) is 41.2 Å². The number of aromatic carboxylic acids is 1. The van der Waals surface area contributed by atoms with Gasteiger partial charge in [-0.25, -0.2) is 9.78 Å². The van der Waals surface area contributed by atoms with Crippen LogP contribution in [0.25, 0.3) is 11.3 Å². The van der Waals surface area contributed by atoms with Crippen LogP contribution >= 0.6 is 0 Å². The molecule has 1 heterocycles. The molecule has 166 valence electrons. The largest absolute Gasteiger partial charge is 0.476 e. The van der Waals surface area contributed by atoms with Crippen LogP contribution in [0.15, 0.2) is 30.3 Å². The van der Waals surface area contributed by atoms with E-state index in [4.69, 9.17) is 9.16 Å². The zero-order valence-corrected chi connectivity index (χ0v) is 20.6. The molecule has 0 fully saturated rings. The molecule has 0 saturated carbocycles. The normalized spacial score (nSPS) is 12.9. The average molecular weight is 433 g/mol. The summed E-state index contributed by atoms with van der Waals surface area (Å²) in [6, 6.07) is 9.53. The lowest BCUT2D eigenvalue weighted by Gasteiger charge is -2.43. The minimum absolute atomic E-state index is 0.0408. The van der Waals surface area contributed by atoms with Crippen molar-refractivity contribution in [2.75, 3.05) is 6.61 Å². The van der Waals surface area contributed by atoms with E-state index in [1.807, 2.05) is 41.8 Å². The highest BCUT2D eigenvalue weighted by Crippen LogP contribution is 2.40. The Morgan fingerprint density at radius 1 is 1.13 bits per heavy atom. The Kier molecular flexibility index (Phi) is 7.32. The summed E-state index contributed by atoms with van der Waals surface area (Å²) in [5.74, 6) is -0.450. The molecule has 0 radical (unpaired) electrons. The third-order valence-electron chi connectivity index (χ3n) is 5.61. The Morgan fingerprint density at radius 3 is 2.23 bits per heavy atom. The molecule has 0 amide bonds. The van der Waals surface area contributed by atoms with Gasteiger partial charge >= 0.3 is 5.97 Å². The number of nitrogens with zero attached hydrogens (tertiary/aromatic N) is 2. The number of imidazole rings is 1. The molecular weight excluding hydrogens is 396 g/mol. The van der Waals surface area contributed by atoms with Gasteiger partial charge in [0.1, 0.15) is 12.4 Å². The third kappa shape index (κ3) is 5.59. The molecule has 6 nitrogen and oxygen atoms in total. The molecule has 0 unspecified atom stereocenters. The molecule has 0 spiro atoms. The third-order valence-corrected chi connectivity index (χ3v) is 10.3. The smallest absolute Gasteiger partial charge is 0.356 e. The van der Waals surface area contributed by atoms with E-state index in [0.717, 1.165) is 5.56 Å². The van der Waals surface area contributed by atoms with Gasteiger partial charge in [0, 0.05) is 12.2 Å². The molecular formula is C23H36N2O4Si. The van der Waals surface area contributed by atoms with Crippen molar-refractivity contribution in [2.24, 2.45) is 0 Å². The molecule has 1 aromatic heterocycles. The molecule has 1 N–H and O–H groups in total. The summed E-state index contributed by atoms with van der Waals surface area (Å²) in [5.41, 5.74) is 0.932. The van der Waals surface area contributed by atoms with Gasteiger partial charge in [-0.1, -0.05) is 51.1 Å². The Morgan fingerprint density at radius 2 is 1.73 bits per heavy atom. The van der Waals surface area contributed by atoms with Crippen LogP contribution in [0, 0.1) is 0 Å². The first-order chi connectivity index (χ1) is 13.8. The number of rotatable bonds is 9. The number of carboxylic acid groups (broad SMARTS) is 1. The zero-order chi connectivity index (χ0) is 22.7. The fourth-order valence-corrected chi connectivity index (χ4v) is 5.02. The lowest BCUT2D eigenvalue weighted by atomic mass is 10.1. The van der Waals surface area contributed by atoms with Crippen molar-refractivity contribution >= 4 is 14.3 Å². The summed E-state index contributed by atoms with van der Waals surface area (Å²) < 4.78 is 14.3. The van der Waals surface area contributed by atoms with E-state index < -0.39 is 19.9 Å². The van der Waals surface area contributed by atoms with E-state index in [0.29, 0.717) is 24.7 Å². The Balaban J connectivity index is 2.57. The second-order valence-electron chi connectivity index (χ2n) is 9.74. The van der Waals surface area contributed by atoms with Gasteiger partial charge in [-0.15, -0.1) is 0 Å². The van der Waals surface area contributed by atoms with Gasteiger partial charge in [-0.2, -0.15) is 0 Å². The number of hydrogen-bond acceptors (Lipinski definition) is 4. The molecule has 0 bridgehead atoms. The molecule has 0 aliphatic rings. The standard InChI is InChI=1S/C23H36N2O4Si/c1-9-28-15-18-24-19(21(26)27)20(17-13-11-10-12-14-17)25(18)16-23(5,6)29-30(7,8)22(2,3)4/h10-14H,9,15-16H2,1-8H3,(H,26,27). The molecule has 30 heavy (non-hydrogen) atoms. The highest BCUT2D eigenvalue weighted by atomic mass is 28.4. The van der Waals surface area contributed by atoms with E-state index in [2.05, 4.69) is 52.7 Å². The monoisotopic (exact) mass is 432 g/mol. The van der Waals surface area contributed by atoms with Crippen molar-refractivity contribution in [1.29, 1.82) is 0 Å². The van der Waals surface area contributed by atoms with Crippen LogP contribution in [0.1, 0.15) is 57.9 Å². The SMILES string of the molecule is CCOCc1nc(C(=O)O)c(-c2ccccc2)n1CC(C)(C)O[Si](C)(C)C(C)(C)C. The van der Waals surface area contributed by atoms with Crippen LogP contribution in [-0.2, 0) is 22.3 Å². The zero-order valence-electron chi connectivity index (χ0n) is 19.6. The van der Waals surface area contributed by atoms with E-state index in [1.54, 1.807) is 0 Å². The van der Waals surface area contributed by atoms with Crippen molar-refractivity contribution in [3.05, 3.63) is 41.9 Å². The first-order valence-electron chi connectivity index (χ1n) is 10.4. The van der Waals surface area contributed by atoms with E-state index in [9.17, 15) is 9.90 Å². The van der Waals surface area contributed by atoms with Crippen molar-refractivity contribution < 1.29 is 19.1 Å². The highest BCUT2D eigenvalue weighted by Gasteiger charge is 2.42. The Labute approximate surface area is 181 Å². The summed E-state index contributed by atoms with van der Waals surface area (Å²) in [6.45, 7) is 18.4. The quantitative estimate of drug-likeness (QED) is 0.523. The fraction of sp³-hybridized carbons (Fsp3) is 0.565. The van der Waals surface area contributed by atoms with Crippen molar-refractivity contribution in [2.45, 2.75) is 78.4 Å². The summed E-state index contributed by atoms with van der Waals surface area (Å²) in [4.78, 5) is 16.5. The van der Waals surface area contributed by atoms with Crippen LogP contribution < -0.4 is 0 Å². The highest BCUT2D eigenvalue weighted by molar-refractivity contribution is 6.74. The molecule has 7 heteroatoms. The van der Waals surface area contributed by atoms with E-state index in [1.165, 1.54) is 0 Å². The number of aromatic nitrogens is 2. The van der Waals surface area contributed by atoms with Crippen molar-refractivity contribution in [3.63, 3.8) is 0 Å².